The maximum Gasteiger partial charge on any atom is 0.314 e. The number of hydrogen-bond donors (Lipinski definition) is 1. The molecular formula is C15H23NO4. The molecule has 0 saturated carbocycles. The molecule has 5 heteroatoms. The zero-order valence-corrected chi connectivity index (χ0v) is 12.6. The molecule has 0 amide bonds. The van der Waals surface area contributed by atoms with Crippen LogP contribution in [0.15, 0.2) is 18.2 Å². The van der Waals surface area contributed by atoms with E-state index in [1.165, 1.54) is 7.11 Å². The van der Waals surface area contributed by atoms with Crippen LogP contribution in [-0.2, 0) is 16.0 Å². The lowest BCUT2D eigenvalue weighted by Gasteiger charge is -2.23. The number of methoxy groups -OCH3 is 2. The van der Waals surface area contributed by atoms with Gasteiger partial charge in [-0.05, 0) is 38.4 Å². The average molecular weight is 281 g/mol. The first-order valence-electron chi connectivity index (χ1n) is 6.53. The van der Waals surface area contributed by atoms with Crippen LogP contribution in [0.25, 0.3) is 0 Å². The summed E-state index contributed by atoms with van der Waals surface area (Å²) in [5.41, 5.74) is 5.84. The molecule has 0 fully saturated rings. The molecular weight excluding hydrogens is 258 g/mol. The number of ether oxygens (including phenoxy) is 3. The maximum atomic E-state index is 11.7. The van der Waals surface area contributed by atoms with Crippen LogP contribution in [0, 0.1) is 5.41 Å². The molecule has 1 aromatic rings. The molecule has 0 bridgehead atoms. The summed E-state index contributed by atoms with van der Waals surface area (Å²) in [6.07, 6.45) is 0.686. The van der Waals surface area contributed by atoms with Gasteiger partial charge >= 0.3 is 5.97 Å². The summed E-state index contributed by atoms with van der Waals surface area (Å²) in [5, 5.41) is 0. The van der Waals surface area contributed by atoms with Gasteiger partial charge in [0.2, 0.25) is 0 Å². The minimum Gasteiger partial charge on any atom is -0.493 e. The minimum absolute atomic E-state index is 0.206. The highest BCUT2D eigenvalue weighted by Crippen LogP contribution is 2.33. The number of para-hydroxylation sites is 1. The van der Waals surface area contributed by atoms with E-state index in [2.05, 4.69) is 0 Å². The number of nitrogens with two attached hydrogens (primary N) is 1. The topological polar surface area (TPSA) is 70.8 Å². The van der Waals surface area contributed by atoms with E-state index in [9.17, 15) is 4.79 Å². The molecule has 0 spiro atoms. The Kier molecular flexibility index (Phi) is 5.82. The van der Waals surface area contributed by atoms with Crippen LogP contribution in [0.1, 0.15) is 19.4 Å². The quantitative estimate of drug-likeness (QED) is 0.771. The summed E-state index contributed by atoms with van der Waals surface area (Å²) in [4.78, 5) is 11.7. The van der Waals surface area contributed by atoms with E-state index in [-0.39, 0.29) is 12.6 Å². The molecule has 0 unspecified atom stereocenters. The number of benzene rings is 1. The monoisotopic (exact) mass is 281 g/mol. The lowest BCUT2D eigenvalue weighted by molar-refractivity contribution is -0.152. The molecule has 20 heavy (non-hydrogen) atoms. The van der Waals surface area contributed by atoms with Crippen LogP contribution in [0.4, 0.5) is 0 Å². The third-order valence-electron chi connectivity index (χ3n) is 3.01. The summed E-state index contributed by atoms with van der Waals surface area (Å²) in [5.74, 6) is 0.960. The summed E-state index contributed by atoms with van der Waals surface area (Å²) >= 11 is 0. The number of carbonyl (C=O) groups excluding carboxylic acids is 1. The Labute approximate surface area is 120 Å². The van der Waals surface area contributed by atoms with Gasteiger partial charge < -0.3 is 19.9 Å². The summed E-state index contributed by atoms with van der Waals surface area (Å²) in [6, 6.07) is 5.65. The van der Waals surface area contributed by atoms with Gasteiger partial charge in [0.1, 0.15) is 6.61 Å². The van der Waals surface area contributed by atoms with Crippen molar-refractivity contribution in [1.29, 1.82) is 0 Å². The van der Waals surface area contributed by atoms with Crippen molar-refractivity contribution < 1.29 is 19.0 Å². The van der Waals surface area contributed by atoms with Crippen molar-refractivity contribution in [2.24, 2.45) is 11.1 Å². The van der Waals surface area contributed by atoms with E-state index >= 15 is 0 Å². The van der Waals surface area contributed by atoms with Crippen molar-refractivity contribution in [2.45, 2.75) is 20.3 Å². The van der Waals surface area contributed by atoms with Crippen molar-refractivity contribution in [3.63, 3.8) is 0 Å². The van der Waals surface area contributed by atoms with Gasteiger partial charge in [0.05, 0.1) is 19.6 Å². The van der Waals surface area contributed by atoms with Crippen LogP contribution in [-0.4, -0.2) is 33.3 Å². The lowest BCUT2D eigenvalue weighted by atomic mass is 9.95. The van der Waals surface area contributed by atoms with Crippen LogP contribution < -0.4 is 15.2 Å². The normalized spacial score (nSPS) is 11.1. The second-order valence-corrected chi connectivity index (χ2v) is 5.15. The Balaban J connectivity index is 2.93. The van der Waals surface area contributed by atoms with E-state index in [4.69, 9.17) is 19.9 Å². The first kappa shape index (κ1) is 16.3. The Morgan fingerprint density at radius 3 is 2.55 bits per heavy atom. The molecule has 1 rings (SSSR count). The molecule has 1 aromatic carbocycles. The van der Waals surface area contributed by atoms with Crippen LogP contribution in [0.5, 0.6) is 11.5 Å². The molecule has 0 saturated heterocycles. The van der Waals surface area contributed by atoms with Gasteiger partial charge in [0, 0.05) is 0 Å². The van der Waals surface area contributed by atoms with Crippen LogP contribution in [0.3, 0.4) is 0 Å². The fraction of sp³-hybridized carbons (Fsp3) is 0.533. The highest BCUT2D eigenvalue weighted by atomic mass is 16.5. The Hall–Kier alpha value is -1.75. The molecule has 112 valence electrons. The lowest BCUT2D eigenvalue weighted by Crippen LogP contribution is -2.32. The molecule has 0 aromatic heterocycles. The van der Waals surface area contributed by atoms with Gasteiger partial charge in [-0.25, -0.2) is 0 Å². The second kappa shape index (κ2) is 7.14. The Bertz CT molecular complexity index is 457. The van der Waals surface area contributed by atoms with Crippen molar-refractivity contribution >= 4 is 5.97 Å². The zero-order chi connectivity index (χ0) is 15.2. The number of hydrogen-bond acceptors (Lipinski definition) is 5. The van der Waals surface area contributed by atoms with Gasteiger partial charge in [-0.2, -0.15) is 0 Å². The van der Waals surface area contributed by atoms with Gasteiger partial charge in [-0.15, -0.1) is 0 Å². The fourth-order valence-electron chi connectivity index (χ4n) is 1.83. The molecule has 0 aliphatic carbocycles. The molecule has 0 aliphatic heterocycles. The van der Waals surface area contributed by atoms with Gasteiger partial charge in [-0.1, -0.05) is 12.1 Å². The van der Waals surface area contributed by atoms with E-state index in [1.54, 1.807) is 21.0 Å². The van der Waals surface area contributed by atoms with Crippen molar-refractivity contribution in [3.05, 3.63) is 23.8 Å². The fourth-order valence-corrected chi connectivity index (χ4v) is 1.83. The maximum absolute atomic E-state index is 11.7. The number of carbonyl (C=O) groups is 1. The van der Waals surface area contributed by atoms with Crippen LogP contribution >= 0.6 is 0 Å². The highest BCUT2D eigenvalue weighted by Gasteiger charge is 2.30. The predicted molar refractivity (Wildman–Crippen MR) is 77.0 cm³/mol. The second-order valence-electron chi connectivity index (χ2n) is 5.15. The third-order valence-corrected chi connectivity index (χ3v) is 3.01. The van der Waals surface area contributed by atoms with Gasteiger partial charge in [-0.3, -0.25) is 4.79 Å². The molecule has 0 heterocycles. The summed E-state index contributed by atoms with van der Waals surface area (Å²) in [7, 11) is 2.95. The van der Waals surface area contributed by atoms with E-state index in [1.807, 2.05) is 18.2 Å². The first-order valence-corrected chi connectivity index (χ1v) is 6.53. The minimum atomic E-state index is -0.727. The largest absolute Gasteiger partial charge is 0.493 e. The van der Waals surface area contributed by atoms with Crippen LogP contribution in [0.2, 0.25) is 0 Å². The van der Waals surface area contributed by atoms with Crippen molar-refractivity contribution in [3.8, 4) is 11.5 Å². The Morgan fingerprint density at radius 2 is 2.00 bits per heavy atom. The molecule has 5 nitrogen and oxygen atoms in total. The average Bonchev–Trinajstić information content (AvgIpc) is 2.44. The standard InChI is InChI=1S/C15H23NO4/c1-15(2,14(17)19-4)10-20-13-11(8-9-16)6-5-7-12(13)18-3/h5-7H,8-10,16H2,1-4H3. The molecule has 0 radical (unpaired) electrons. The highest BCUT2D eigenvalue weighted by molar-refractivity contribution is 5.75. The van der Waals surface area contributed by atoms with Crippen molar-refractivity contribution in [1.82, 2.24) is 0 Å². The van der Waals surface area contributed by atoms with Crippen molar-refractivity contribution in [2.75, 3.05) is 27.4 Å². The van der Waals surface area contributed by atoms with Gasteiger partial charge in [0.15, 0.2) is 11.5 Å². The number of esters is 1. The third kappa shape index (κ3) is 3.87. The molecule has 0 atom stereocenters. The van der Waals surface area contributed by atoms with E-state index < -0.39 is 5.41 Å². The van der Waals surface area contributed by atoms with E-state index in [0.717, 1.165) is 5.56 Å². The molecule has 0 aliphatic rings. The summed E-state index contributed by atoms with van der Waals surface area (Å²) < 4.78 is 15.9. The Morgan fingerprint density at radius 1 is 1.30 bits per heavy atom. The summed E-state index contributed by atoms with van der Waals surface area (Å²) in [6.45, 7) is 4.27. The zero-order valence-electron chi connectivity index (χ0n) is 12.6. The van der Waals surface area contributed by atoms with Gasteiger partial charge in [0.25, 0.3) is 0 Å². The number of rotatable bonds is 7. The smallest absolute Gasteiger partial charge is 0.314 e. The molecule has 2 N–H and O–H groups in total. The van der Waals surface area contributed by atoms with E-state index in [0.29, 0.717) is 24.5 Å². The predicted octanol–water partition coefficient (Wildman–Crippen LogP) is 1.77. The SMILES string of the molecule is COC(=O)C(C)(C)COc1c(CCN)cccc1OC. The first-order chi connectivity index (χ1) is 9.46.